The summed E-state index contributed by atoms with van der Waals surface area (Å²) in [5, 5.41) is 1.90. The molecule has 8 heteroatoms. The summed E-state index contributed by atoms with van der Waals surface area (Å²) in [5.41, 5.74) is 4.13. The van der Waals surface area contributed by atoms with Gasteiger partial charge in [-0.2, -0.15) is 4.31 Å². The van der Waals surface area contributed by atoms with Gasteiger partial charge in [-0.25, -0.2) is 13.4 Å². The first kappa shape index (κ1) is 21.6. The molecule has 0 atom stereocenters. The van der Waals surface area contributed by atoms with Crippen molar-refractivity contribution in [3.05, 3.63) is 72.1 Å². The lowest BCUT2D eigenvalue weighted by Crippen LogP contribution is -2.51. The van der Waals surface area contributed by atoms with Crippen molar-refractivity contribution in [2.75, 3.05) is 26.2 Å². The average molecular weight is 463 g/mol. The van der Waals surface area contributed by atoms with Crippen LogP contribution in [-0.2, 0) is 21.4 Å². The number of sulfonamides is 1. The van der Waals surface area contributed by atoms with Crippen LogP contribution in [0.2, 0.25) is 0 Å². The summed E-state index contributed by atoms with van der Waals surface area (Å²) in [5.74, 6) is -0.0321. The topological polar surface area (TPSA) is 75.5 Å². The van der Waals surface area contributed by atoms with Crippen LogP contribution in [0.25, 0.3) is 21.8 Å². The summed E-state index contributed by atoms with van der Waals surface area (Å²) >= 11 is 0. The lowest BCUT2D eigenvalue weighted by Gasteiger charge is -2.34. The molecule has 0 radical (unpaired) electrons. The van der Waals surface area contributed by atoms with Crippen molar-refractivity contribution < 1.29 is 13.2 Å². The SMILES string of the molecule is Cc1cc2ncn(CC(=O)N3CCN(S(=O)(=O)c4ccc5ccccc5c4)CC3)c2cc1C. The van der Waals surface area contributed by atoms with Crippen molar-refractivity contribution in [1.82, 2.24) is 18.8 Å². The predicted octanol–water partition coefficient (Wildman–Crippen LogP) is 3.34. The van der Waals surface area contributed by atoms with E-state index in [-0.39, 0.29) is 30.4 Å². The van der Waals surface area contributed by atoms with Crippen LogP contribution in [0, 0.1) is 13.8 Å². The van der Waals surface area contributed by atoms with E-state index in [0.29, 0.717) is 13.1 Å². The highest BCUT2D eigenvalue weighted by atomic mass is 32.2. The molecular weight excluding hydrogens is 436 g/mol. The van der Waals surface area contributed by atoms with Gasteiger partial charge in [-0.05, 0) is 60.0 Å². The summed E-state index contributed by atoms with van der Waals surface area (Å²) in [6, 6.07) is 17.0. The Kier molecular flexibility index (Phi) is 5.42. The molecule has 33 heavy (non-hydrogen) atoms. The van der Waals surface area contributed by atoms with Crippen molar-refractivity contribution >= 4 is 37.7 Å². The largest absolute Gasteiger partial charge is 0.339 e. The van der Waals surface area contributed by atoms with E-state index in [1.807, 2.05) is 54.8 Å². The van der Waals surface area contributed by atoms with Crippen LogP contribution in [0.4, 0.5) is 0 Å². The number of nitrogens with zero attached hydrogens (tertiary/aromatic N) is 4. The van der Waals surface area contributed by atoms with Crippen molar-refractivity contribution in [2.24, 2.45) is 0 Å². The molecule has 1 aliphatic heterocycles. The second-order valence-electron chi connectivity index (χ2n) is 8.59. The first-order valence-electron chi connectivity index (χ1n) is 11.0. The highest BCUT2D eigenvalue weighted by Gasteiger charge is 2.30. The normalized spacial score (nSPS) is 15.4. The molecular formula is C25H26N4O3S. The zero-order valence-electron chi connectivity index (χ0n) is 18.7. The van der Waals surface area contributed by atoms with E-state index in [1.165, 1.54) is 9.87 Å². The molecule has 0 saturated carbocycles. The molecule has 1 amide bonds. The quantitative estimate of drug-likeness (QED) is 0.466. The fourth-order valence-electron chi connectivity index (χ4n) is 4.34. The first-order valence-corrected chi connectivity index (χ1v) is 12.5. The number of carbonyl (C=O) groups is 1. The monoisotopic (exact) mass is 462 g/mol. The predicted molar refractivity (Wildman–Crippen MR) is 128 cm³/mol. The van der Waals surface area contributed by atoms with Crippen molar-refractivity contribution in [3.8, 4) is 0 Å². The van der Waals surface area contributed by atoms with Crippen molar-refractivity contribution in [2.45, 2.75) is 25.3 Å². The van der Waals surface area contributed by atoms with Gasteiger partial charge in [0.2, 0.25) is 15.9 Å². The number of benzene rings is 3. The van der Waals surface area contributed by atoms with Gasteiger partial charge in [-0.1, -0.05) is 30.3 Å². The number of carbonyl (C=O) groups excluding carboxylic acids is 1. The number of amides is 1. The molecule has 7 nitrogen and oxygen atoms in total. The lowest BCUT2D eigenvalue weighted by molar-refractivity contribution is -0.132. The number of piperazine rings is 1. The number of fused-ring (bicyclic) bond motifs is 2. The molecule has 0 bridgehead atoms. The summed E-state index contributed by atoms with van der Waals surface area (Å²) in [6.45, 7) is 5.59. The molecule has 3 aromatic carbocycles. The highest BCUT2D eigenvalue weighted by Crippen LogP contribution is 2.23. The van der Waals surface area contributed by atoms with E-state index in [1.54, 1.807) is 23.4 Å². The average Bonchev–Trinajstić information content (AvgIpc) is 3.20. The third-order valence-corrected chi connectivity index (χ3v) is 8.39. The van der Waals surface area contributed by atoms with E-state index in [2.05, 4.69) is 11.1 Å². The smallest absolute Gasteiger partial charge is 0.243 e. The summed E-state index contributed by atoms with van der Waals surface area (Å²) in [7, 11) is -3.61. The minimum Gasteiger partial charge on any atom is -0.339 e. The number of imidazole rings is 1. The number of rotatable bonds is 4. The van der Waals surface area contributed by atoms with Gasteiger partial charge in [0.1, 0.15) is 6.54 Å². The number of aryl methyl sites for hydroxylation is 2. The van der Waals surface area contributed by atoms with Crippen LogP contribution in [0.15, 0.2) is 65.8 Å². The minimum atomic E-state index is -3.61. The Morgan fingerprint density at radius 2 is 1.61 bits per heavy atom. The van der Waals surface area contributed by atoms with Gasteiger partial charge >= 0.3 is 0 Å². The van der Waals surface area contributed by atoms with Gasteiger partial charge in [-0.15, -0.1) is 0 Å². The molecule has 2 heterocycles. The second-order valence-corrected chi connectivity index (χ2v) is 10.5. The summed E-state index contributed by atoms with van der Waals surface area (Å²) in [4.78, 5) is 19.4. The van der Waals surface area contributed by atoms with E-state index < -0.39 is 10.0 Å². The van der Waals surface area contributed by atoms with Gasteiger partial charge in [0.15, 0.2) is 0 Å². The van der Waals surface area contributed by atoms with Gasteiger partial charge < -0.3 is 9.47 Å². The lowest BCUT2D eigenvalue weighted by atomic mass is 10.1. The third-order valence-electron chi connectivity index (χ3n) is 6.49. The van der Waals surface area contributed by atoms with Crippen LogP contribution in [0.1, 0.15) is 11.1 Å². The van der Waals surface area contributed by atoms with Crippen LogP contribution in [-0.4, -0.2) is 59.3 Å². The van der Waals surface area contributed by atoms with Crippen LogP contribution in [0.3, 0.4) is 0 Å². The molecule has 170 valence electrons. The standard InChI is InChI=1S/C25H26N4O3S/c1-18-13-23-24(14-19(18)2)28(17-26-23)16-25(30)27-9-11-29(12-10-27)33(31,32)22-8-7-20-5-3-4-6-21(20)15-22/h3-8,13-15,17H,9-12,16H2,1-2H3. The molecule has 4 aromatic rings. The van der Waals surface area contributed by atoms with Gasteiger partial charge in [0.25, 0.3) is 0 Å². The maximum Gasteiger partial charge on any atom is 0.243 e. The molecule has 5 rings (SSSR count). The van der Waals surface area contributed by atoms with Crippen LogP contribution in [0.5, 0.6) is 0 Å². The highest BCUT2D eigenvalue weighted by molar-refractivity contribution is 7.89. The zero-order chi connectivity index (χ0) is 23.2. The molecule has 1 aliphatic rings. The number of hydrogen-bond acceptors (Lipinski definition) is 4. The number of hydrogen-bond donors (Lipinski definition) is 0. The molecule has 0 aliphatic carbocycles. The number of aromatic nitrogens is 2. The molecule has 0 spiro atoms. The Morgan fingerprint density at radius 1 is 0.909 bits per heavy atom. The summed E-state index contributed by atoms with van der Waals surface area (Å²) in [6.07, 6.45) is 1.70. The fourth-order valence-corrected chi connectivity index (χ4v) is 5.80. The maximum atomic E-state index is 13.2. The fraction of sp³-hybridized carbons (Fsp3) is 0.280. The van der Waals surface area contributed by atoms with E-state index in [4.69, 9.17) is 0 Å². The van der Waals surface area contributed by atoms with Gasteiger partial charge in [0.05, 0.1) is 22.3 Å². The molecule has 1 saturated heterocycles. The van der Waals surface area contributed by atoms with E-state index in [9.17, 15) is 13.2 Å². The Balaban J connectivity index is 1.27. The van der Waals surface area contributed by atoms with Gasteiger partial charge in [-0.3, -0.25) is 4.79 Å². The molecule has 1 fully saturated rings. The zero-order valence-corrected chi connectivity index (χ0v) is 19.5. The molecule has 0 unspecified atom stereocenters. The Labute approximate surface area is 193 Å². The molecule has 1 aromatic heterocycles. The Morgan fingerprint density at radius 3 is 2.36 bits per heavy atom. The minimum absolute atomic E-state index is 0.0321. The second kappa shape index (κ2) is 8.28. The van der Waals surface area contributed by atoms with Gasteiger partial charge in [0, 0.05) is 26.2 Å². The first-order chi connectivity index (χ1) is 15.8. The van der Waals surface area contributed by atoms with E-state index >= 15 is 0 Å². The molecule has 0 N–H and O–H groups in total. The Bertz CT molecular complexity index is 1470. The van der Waals surface area contributed by atoms with Crippen molar-refractivity contribution in [3.63, 3.8) is 0 Å². The van der Waals surface area contributed by atoms with E-state index in [0.717, 1.165) is 27.4 Å². The Hall–Kier alpha value is -3.23. The van der Waals surface area contributed by atoms with Crippen LogP contribution < -0.4 is 0 Å². The van der Waals surface area contributed by atoms with Crippen molar-refractivity contribution in [1.29, 1.82) is 0 Å². The maximum absolute atomic E-state index is 13.2. The third kappa shape index (κ3) is 4.00. The van der Waals surface area contributed by atoms with Crippen LogP contribution >= 0.6 is 0 Å². The summed E-state index contributed by atoms with van der Waals surface area (Å²) < 4.78 is 29.7.